The molecule has 33 heavy (non-hydrogen) atoms. The maximum absolute atomic E-state index is 13.1. The fourth-order valence-electron chi connectivity index (χ4n) is 6.01. The fraction of sp³-hybridized carbons (Fsp3) is 0.704. The van der Waals surface area contributed by atoms with Gasteiger partial charge in [0.2, 0.25) is 5.91 Å². The van der Waals surface area contributed by atoms with Gasteiger partial charge in [-0.1, -0.05) is 0 Å². The first-order chi connectivity index (χ1) is 16.0. The lowest BCUT2D eigenvalue weighted by molar-refractivity contribution is -0.123. The molecule has 2 saturated carbocycles. The van der Waals surface area contributed by atoms with Gasteiger partial charge in [-0.2, -0.15) is 0 Å². The lowest BCUT2D eigenvalue weighted by Gasteiger charge is -2.34. The summed E-state index contributed by atoms with van der Waals surface area (Å²) >= 11 is 0. The average molecular weight is 459 g/mol. The molecule has 6 heteroatoms. The van der Waals surface area contributed by atoms with Crippen molar-refractivity contribution in [2.24, 2.45) is 17.8 Å². The van der Waals surface area contributed by atoms with Crippen LogP contribution in [-0.2, 0) is 4.79 Å². The van der Waals surface area contributed by atoms with Gasteiger partial charge in [-0.05, 0) is 120 Å². The van der Waals surface area contributed by atoms with Crippen LogP contribution < -0.4 is 5.32 Å². The highest BCUT2D eigenvalue weighted by molar-refractivity contribution is 5.97. The number of amides is 1. The van der Waals surface area contributed by atoms with Crippen LogP contribution >= 0.6 is 0 Å². The van der Waals surface area contributed by atoms with E-state index in [-0.39, 0.29) is 29.5 Å². The number of aliphatic hydroxyl groups excluding tert-OH is 1. The van der Waals surface area contributed by atoms with Crippen LogP contribution in [0.4, 0.5) is 4.39 Å². The van der Waals surface area contributed by atoms with Crippen LogP contribution in [0.2, 0.25) is 0 Å². The quantitative estimate of drug-likeness (QED) is 0.569. The third-order valence-corrected chi connectivity index (χ3v) is 8.14. The number of likely N-dealkylation sites (tertiary alicyclic amines) is 1. The minimum absolute atomic E-state index is 0.0539. The minimum atomic E-state index is -0.303. The third-order valence-electron chi connectivity index (χ3n) is 8.14. The number of aliphatic hydroxyl groups is 1. The number of Topliss-reactive ketones (excluding diaryl/α,β-unsaturated/α-hetero) is 1. The van der Waals surface area contributed by atoms with Crippen LogP contribution in [0.3, 0.4) is 0 Å². The molecule has 0 spiro atoms. The number of ketones is 1. The maximum Gasteiger partial charge on any atom is 0.220 e. The summed E-state index contributed by atoms with van der Waals surface area (Å²) in [5, 5.41) is 12.9. The van der Waals surface area contributed by atoms with E-state index in [1.165, 1.54) is 31.4 Å². The van der Waals surface area contributed by atoms with Crippen LogP contribution in [-0.4, -0.2) is 53.5 Å². The van der Waals surface area contributed by atoms with Crippen LogP contribution in [0.15, 0.2) is 24.3 Å². The van der Waals surface area contributed by atoms with Crippen molar-refractivity contribution in [3.63, 3.8) is 0 Å². The molecule has 1 amide bonds. The van der Waals surface area contributed by atoms with Crippen molar-refractivity contribution in [3.05, 3.63) is 35.6 Å². The summed E-state index contributed by atoms with van der Waals surface area (Å²) in [4.78, 5) is 27.5. The second kappa shape index (κ2) is 11.6. The number of rotatable bonds is 8. The summed E-state index contributed by atoms with van der Waals surface area (Å²) in [6.07, 6.45) is 10.4. The lowest BCUT2D eigenvalue weighted by Crippen LogP contribution is -2.39. The molecule has 0 bridgehead atoms. The second-order valence-electron chi connectivity index (χ2n) is 10.6. The molecule has 2 N–H and O–H groups in total. The van der Waals surface area contributed by atoms with E-state index in [0.29, 0.717) is 23.9 Å². The van der Waals surface area contributed by atoms with Crippen molar-refractivity contribution >= 4 is 11.7 Å². The second-order valence-corrected chi connectivity index (χ2v) is 10.6. The summed E-state index contributed by atoms with van der Waals surface area (Å²) in [7, 11) is 0. The number of hydrogen-bond acceptors (Lipinski definition) is 4. The Kier molecular flexibility index (Phi) is 8.53. The highest BCUT2D eigenvalue weighted by Gasteiger charge is 2.29. The monoisotopic (exact) mass is 458 g/mol. The zero-order valence-electron chi connectivity index (χ0n) is 19.7. The van der Waals surface area contributed by atoms with Crippen LogP contribution in [0, 0.1) is 23.6 Å². The predicted molar refractivity (Wildman–Crippen MR) is 126 cm³/mol. The zero-order chi connectivity index (χ0) is 23.2. The van der Waals surface area contributed by atoms with E-state index >= 15 is 0 Å². The van der Waals surface area contributed by atoms with E-state index in [4.69, 9.17) is 0 Å². The molecule has 4 rings (SSSR count). The summed E-state index contributed by atoms with van der Waals surface area (Å²) in [6.45, 7) is 3.00. The van der Waals surface area contributed by atoms with Gasteiger partial charge in [0.1, 0.15) is 5.82 Å². The molecule has 3 aliphatic rings. The topological polar surface area (TPSA) is 69.6 Å². The zero-order valence-corrected chi connectivity index (χ0v) is 19.7. The number of nitrogens with one attached hydrogen (secondary N) is 1. The summed E-state index contributed by atoms with van der Waals surface area (Å²) in [5.74, 6) is 1.14. The molecule has 1 saturated heterocycles. The summed E-state index contributed by atoms with van der Waals surface area (Å²) in [6, 6.07) is 6.24. The van der Waals surface area contributed by atoms with E-state index in [1.807, 2.05) is 0 Å². The van der Waals surface area contributed by atoms with Gasteiger partial charge in [0.25, 0.3) is 0 Å². The van der Waals surface area contributed by atoms with Crippen molar-refractivity contribution in [2.45, 2.75) is 82.8 Å². The highest BCUT2D eigenvalue weighted by Crippen LogP contribution is 2.30. The van der Waals surface area contributed by atoms with Crippen LogP contribution in [0.5, 0.6) is 0 Å². The van der Waals surface area contributed by atoms with E-state index in [1.54, 1.807) is 12.1 Å². The van der Waals surface area contributed by atoms with Gasteiger partial charge in [0, 0.05) is 23.9 Å². The Balaban J connectivity index is 1.09. The first-order valence-corrected chi connectivity index (χ1v) is 13.0. The molecule has 0 aromatic heterocycles. The molecule has 2 aliphatic carbocycles. The molecule has 0 radical (unpaired) electrons. The van der Waals surface area contributed by atoms with Gasteiger partial charge >= 0.3 is 0 Å². The van der Waals surface area contributed by atoms with Gasteiger partial charge in [-0.25, -0.2) is 4.39 Å². The fourth-order valence-corrected chi connectivity index (χ4v) is 6.01. The standard InChI is InChI=1S/C27H39FN2O3/c28-23-6-4-21(5-7-23)27(33)22-12-15-30(16-13-22)14-11-19-1-8-24(9-2-19)29-26(32)18-20-3-10-25(31)17-20/h4-7,19-20,22,24-25,31H,1-3,8-18H2,(H,29,32)/t19-,20-,24+,25-/m1/s1. The van der Waals surface area contributed by atoms with Gasteiger partial charge in [-0.15, -0.1) is 0 Å². The number of benzene rings is 1. The molecular weight excluding hydrogens is 419 g/mol. The maximum atomic E-state index is 13.1. The van der Waals surface area contributed by atoms with Crippen LogP contribution in [0.1, 0.15) is 81.0 Å². The first-order valence-electron chi connectivity index (χ1n) is 13.0. The number of carbonyl (C=O) groups is 2. The Morgan fingerprint density at radius 3 is 2.24 bits per heavy atom. The van der Waals surface area contributed by atoms with Gasteiger partial charge in [-0.3, -0.25) is 9.59 Å². The largest absolute Gasteiger partial charge is 0.393 e. The van der Waals surface area contributed by atoms with Crippen molar-refractivity contribution in [1.29, 1.82) is 0 Å². The predicted octanol–water partition coefficient (Wildman–Crippen LogP) is 4.34. The molecular formula is C27H39FN2O3. The van der Waals surface area contributed by atoms with Gasteiger partial charge in [0.05, 0.1) is 6.10 Å². The molecule has 1 aromatic rings. The average Bonchev–Trinajstić information content (AvgIpc) is 3.23. The molecule has 0 unspecified atom stereocenters. The van der Waals surface area contributed by atoms with Crippen molar-refractivity contribution in [1.82, 2.24) is 10.2 Å². The Hall–Kier alpha value is -1.79. The van der Waals surface area contributed by atoms with Crippen molar-refractivity contribution in [2.75, 3.05) is 19.6 Å². The Labute approximate surface area is 197 Å². The van der Waals surface area contributed by atoms with Crippen molar-refractivity contribution in [3.8, 4) is 0 Å². The molecule has 2 atom stereocenters. The van der Waals surface area contributed by atoms with Crippen LogP contribution in [0.25, 0.3) is 0 Å². The highest BCUT2D eigenvalue weighted by atomic mass is 19.1. The lowest BCUT2D eigenvalue weighted by atomic mass is 9.83. The minimum Gasteiger partial charge on any atom is -0.393 e. The SMILES string of the molecule is O=C(C[C@@H]1CC[C@@H](O)C1)N[C@H]1CC[C@@H](CCN2CCC(C(=O)c3ccc(F)cc3)CC2)CC1. The van der Waals surface area contributed by atoms with E-state index in [0.717, 1.165) is 70.5 Å². The molecule has 3 fully saturated rings. The summed E-state index contributed by atoms with van der Waals surface area (Å²) in [5.41, 5.74) is 0.625. The number of halogens is 1. The third kappa shape index (κ3) is 7.10. The molecule has 1 heterocycles. The normalized spacial score (nSPS) is 29.2. The Morgan fingerprint density at radius 1 is 0.939 bits per heavy atom. The van der Waals surface area contributed by atoms with E-state index < -0.39 is 0 Å². The van der Waals surface area contributed by atoms with Gasteiger partial charge in [0.15, 0.2) is 5.78 Å². The van der Waals surface area contributed by atoms with E-state index in [2.05, 4.69) is 10.2 Å². The number of piperidine rings is 1. The van der Waals surface area contributed by atoms with Gasteiger partial charge < -0.3 is 15.3 Å². The first kappa shape index (κ1) is 24.3. The van der Waals surface area contributed by atoms with Crippen molar-refractivity contribution < 1.29 is 19.1 Å². The number of carbonyl (C=O) groups excluding carboxylic acids is 2. The number of nitrogens with zero attached hydrogens (tertiary/aromatic N) is 1. The molecule has 182 valence electrons. The molecule has 1 aromatic carbocycles. The smallest absolute Gasteiger partial charge is 0.220 e. The number of hydrogen-bond donors (Lipinski definition) is 2. The summed E-state index contributed by atoms with van der Waals surface area (Å²) < 4.78 is 13.1. The van der Waals surface area contributed by atoms with E-state index in [9.17, 15) is 19.1 Å². The Morgan fingerprint density at radius 2 is 1.61 bits per heavy atom. The molecule has 1 aliphatic heterocycles. The molecule has 5 nitrogen and oxygen atoms in total. The Bertz CT molecular complexity index is 783.